The fourth-order valence-electron chi connectivity index (χ4n) is 1.29. The average Bonchev–Trinajstić information content (AvgIpc) is 2.29. The second kappa shape index (κ2) is 4.78. The number of hydrogen-bond acceptors (Lipinski definition) is 4. The van der Waals surface area contributed by atoms with Crippen molar-refractivity contribution in [2.75, 3.05) is 7.11 Å². The molecule has 0 saturated carbocycles. The summed E-state index contributed by atoms with van der Waals surface area (Å²) < 4.78 is 5.02. The van der Waals surface area contributed by atoms with Crippen molar-refractivity contribution in [1.29, 1.82) is 10.5 Å². The van der Waals surface area contributed by atoms with Crippen molar-refractivity contribution >= 4 is 6.29 Å². The molecule has 0 heterocycles. The molecule has 0 N–H and O–H groups in total. The van der Waals surface area contributed by atoms with Crippen molar-refractivity contribution in [2.24, 2.45) is 0 Å². The lowest BCUT2D eigenvalue weighted by atomic mass is 10.0. The van der Waals surface area contributed by atoms with Gasteiger partial charge in [0.15, 0.2) is 6.29 Å². The van der Waals surface area contributed by atoms with Gasteiger partial charge in [0.1, 0.15) is 5.75 Å². The Morgan fingerprint density at radius 2 is 2.20 bits per heavy atom. The number of carbonyl (C=O) groups excluding carboxylic acids is 1. The molecular formula is C11H8N2O2. The predicted molar refractivity (Wildman–Crippen MR) is 52.4 cm³/mol. The van der Waals surface area contributed by atoms with E-state index in [2.05, 4.69) is 0 Å². The van der Waals surface area contributed by atoms with Gasteiger partial charge in [-0.2, -0.15) is 10.5 Å². The third-order valence-corrected chi connectivity index (χ3v) is 1.98. The molecule has 4 nitrogen and oxygen atoms in total. The van der Waals surface area contributed by atoms with E-state index in [9.17, 15) is 4.79 Å². The molecule has 0 saturated heterocycles. The van der Waals surface area contributed by atoms with E-state index in [0.29, 0.717) is 28.7 Å². The van der Waals surface area contributed by atoms with Gasteiger partial charge in [-0.25, -0.2) is 0 Å². The molecule has 0 atom stereocenters. The molecule has 0 unspecified atom stereocenters. The molecule has 0 aromatic heterocycles. The first-order valence-corrected chi connectivity index (χ1v) is 4.20. The molecule has 1 rings (SSSR count). The number of benzene rings is 1. The van der Waals surface area contributed by atoms with Crippen molar-refractivity contribution in [3.8, 4) is 17.9 Å². The molecule has 15 heavy (non-hydrogen) atoms. The summed E-state index contributed by atoms with van der Waals surface area (Å²) in [6, 6.07) is 6.83. The molecule has 0 aliphatic rings. The van der Waals surface area contributed by atoms with Crippen LogP contribution in [0.5, 0.6) is 5.75 Å². The molecule has 0 aliphatic carbocycles. The number of nitrogens with zero attached hydrogens (tertiary/aromatic N) is 2. The SMILES string of the molecule is COc1cc(C#N)cc(C=O)c1CC#N. The lowest BCUT2D eigenvalue weighted by molar-refractivity contribution is 0.112. The summed E-state index contributed by atoms with van der Waals surface area (Å²) in [4.78, 5) is 10.8. The van der Waals surface area contributed by atoms with Crippen molar-refractivity contribution in [3.05, 3.63) is 28.8 Å². The standard InChI is InChI=1S/C11H8N2O2/c1-15-11-5-8(6-13)4-9(7-14)10(11)2-3-12/h4-5,7H,2H2,1H3. The maximum Gasteiger partial charge on any atom is 0.150 e. The molecule has 0 aliphatic heterocycles. The largest absolute Gasteiger partial charge is 0.496 e. The van der Waals surface area contributed by atoms with E-state index < -0.39 is 0 Å². The second-order valence-electron chi connectivity index (χ2n) is 2.81. The number of nitriles is 2. The molecular weight excluding hydrogens is 192 g/mol. The minimum absolute atomic E-state index is 0.0863. The van der Waals surface area contributed by atoms with E-state index in [0.717, 1.165) is 0 Å². The van der Waals surface area contributed by atoms with E-state index in [-0.39, 0.29) is 6.42 Å². The Bertz CT molecular complexity index is 467. The summed E-state index contributed by atoms with van der Waals surface area (Å²) in [5.74, 6) is 0.401. The molecule has 0 spiro atoms. The third kappa shape index (κ3) is 2.12. The van der Waals surface area contributed by atoms with Gasteiger partial charge in [0.2, 0.25) is 0 Å². The van der Waals surface area contributed by atoms with Crippen LogP contribution >= 0.6 is 0 Å². The maximum absolute atomic E-state index is 10.8. The van der Waals surface area contributed by atoms with Gasteiger partial charge in [-0.1, -0.05) is 0 Å². The highest BCUT2D eigenvalue weighted by atomic mass is 16.5. The molecule has 0 bridgehead atoms. The third-order valence-electron chi connectivity index (χ3n) is 1.98. The average molecular weight is 200 g/mol. The summed E-state index contributed by atoms with van der Waals surface area (Å²) >= 11 is 0. The smallest absolute Gasteiger partial charge is 0.150 e. The van der Waals surface area contributed by atoms with Gasteiger partial charge in [0.25, 0.3) is 0 Å². The van der Waals surface area contributed by atoms with Gasteiger partial charge in [-0.15, -0.1) is 0 Å². The van der Waals surface area contributed by atoms with Gasteiger partial charge in [0, 0.05) is 11.1 Å². The predicted octanol–water partition coefficient (Wildman–Crippen LogP) is 1.45. The quantitative estimate of drug-likeness (QED) is 0.692. The topological polar surface area (TPSA) is 73.9 Å². The fourth-order valence-corrected chi connectivity index (χ4v) is 1.29. The Morgan fingerprint density at radius 1 is 1.47 bits per heavy atom. The molecule has 4 heteroatoms. The number of aldehydes is 1. The van der Waals surface area contributed by atoms with E-state index >= 15 is 0 Å². The van der Waals surface area contributed by atoms with Crippen LogP contribution < -0.4 is 4.74 Å². The highest BCUT2D eigenvalue weighted by molar-refractivity contribution is 5.80. The zero-order valence-electron chi connectivity index (χ0n) is 8.15. The maximum atomic E-state index is 10.8. The summed E-state index contributed by atoms with van der Waals surface area (Å²) in [6.45, 7) is 0. The molecule has 1 aromatic carbocycles. The van der Waals surface area contributed by atoms with Crippen LogP contribution in [0.3, 0.4) is 0 Å². The Morgan fingerprint density at radius 3 is 2.67 bits per heavy atom. The Kier molecular flexibility index (Phi) is 3.43. The highest BCUT2D eigenvalue weighted by Crippen LogP contribution is 2.23. The first-order chi connectivity index (χ1) is 7.26. The van der Waals surface area contributed by atoms with E-state index in [1.165, 1.54) is 19.2 Å². The second-order valence-corrected chi connectivity index (χ2v) is 2.81. The van der Waals surface area contributed by atoms with Gasteiger partial charge in [-0.05, 0) is 12.1 Å². The van der Waals surface area contributed by atoms with E-state index in [4.69, 9.17) is 15.3 Å². The normalized spacial score (nSPS) is 8.73. The number of carbonyl (C=O) groups is 1. The van der Waals surface area contributed by atoms with Crippen LogP contribution in [-0.4, -0.2) is 13.4 Å². The first kappa shape index (κ1) is 10.7. The van der Waals surface area contributed by atoms with Gasteiger partial charge < -0.3 is 4.74 Å². The Balaban J connectivity index is 3.41. The minimum atomic E-state index is 0.0863. The molecule has 0 amide bonds. The summed E-state index contributed by atoms with van der Waals surface area (Å²) in [6.07, 6.45) is 0.707. The van der Waals surface area contributed by atoms with E-state index in [1.807, 2.05) is 12.1 Å². The monoisotopic (exact) mass is 200 g/mol. The van der Waals surface area contributed by atoms with Gasteiger partial charge >= 0.3 is 0 Å². The van der Waals surface area contributed by atoms with Crippen LogP contribution in [0, 0.1) is 22.7 Å². The van der Waals surface area contributed by atoms with Crippen LogP contribution in [-0.2, 0) is 6.42 Å². The Labute approximate surface area is 87.3 Å². The Hall–Kier alpha value is -2.33. The lowest BCUT2D eigenvalue weighted by Gasteiger charge is -2.08. The molecule has 74 valence electrons. The number of methoxy groups -OCH3 is 1. The van der Waals surface area contributed by atoms with Crippen molar-refractivity contribution in [1.82, 2.24) is 0 Å². The lowest BCUT2D eigenvalue weighted by Crippen LogP contribution is -1.98. The van der Waals surface area contributed by atoms with Crippen LogP contribution in [0.15, 0.2) is 12.1 Å². The summed E-state index contributed by atoms with van der Waals surface area (Å²) in [5.41, 5.74) is 1.19. The minimum Gasteiger partial charge on any atom is -0.496 e. The zero-order valence-corrected chi connectivity index (χ0v) is 8.15. The molecule has 1 aromatic rings. The van der Waals surface area contributed by atoms with E-state index in [1.54, 1.807) is 0 Å². The van der Waals surface area contributed by atoms with Crippen molar-refractivity contribution < 1.29 is 9.53 Å². The number of ether oxygens (including phenoxy) is 1. The van der Waals surface area contributed by atoms with Crippen molar-refractivity contribution in [3.63, 3.8) is 0 Å². The first-order valence-electron chi connectivity index (χ1n) is 4.20. The van der Waals surface area contributed by atoms with Crippen LogP contribution in [0.4, 0.5) is 0 Å². The molecule has 0 radical (unpaired) electrons. The number of rotatable bonds is 3. The summed E-state index contributed by atoms with van der Waals surface area (Å²) in [5, 5.41) is 17.3. The molecule has 0 fully saturated rings. The summed E-state index contributed by atoms with van der Waals surface area (Å²) in [7, 11) is 1.44. The highest BCUT2D eigenvalue weighted by Gasteiger charge is 2.10. The van der Waals surface area contributed by atoms with Crippen molar-refractivity contribution in [2.45, 2.75) is 6.42 Å². The number of hydrogen-bond donors (Lipinski definition) is 0. The van der Waals surface area contributed by atoms with Crippen LogP contribution in [0.1, 0.15) is 21.5 Å². The van der Waals surface area contributed by atoms with Crippen LogP contribution in [0.25, 0.3) is 0 Å². The van der Waals surface area contributed by atoms with Crippen LogP contribution in [0.2, 0.25) is 0 Å². The zero-order chi connectivity index (χ0) is 11.3. The van der Waals surface area contributed by atoms with Gasteiger partial charge in [-0.3, -0.25) is 4.79 Å². The fraction of sp³-hybridized carbons (Fsp3) is 0.182. The van der Waals surface area contributed by atoms with Gasteiger partial charge in [0.05, 0.1) is 31.2 Å².